The van der Waals surface area contributed by atoms with Crippen molar-refractivity contribution in [3.63, 3.8) is 0 Å². The van der Waals surface area contributed by atoms with Gasteiger partial charge in [0.15, 0.2) is 5.78 Å². The molecule has 1 aliphatic carbocycles. The van der Waals surface area contributed by atoms with E-state index >= 15 is 0 Å². The number of Topliss-reactive ketones (excluding diaryl/α,β-unsaturated/α-hetero) is 1. The van der Waals surface area contributed by atoms with Crippen molar-refractivity contribution in [3.05, 3.63) is 65.2 Å². The second-order valence-electron chi connectivity index (χ2n) is 13.5. The number of rotatable bonds is 13. The highest BCUT2D eigenvalue weighted by atomic mass is 16.2. The van der Waals surface area contributed by atoms with Gasteiger partial charge in [-0.2, -0.15) is 10.4 Å². The van der Waals surface area contributed by atoms with Crippen molar-refractivity contribution in [2.75, 3.05) is 38.5 Å². The summed E-state index contributed by atoms with van der Waals surface area (Å²) < 4.78 is 0. The number of carbonyl (C=O) groups excluding carboxylic acids is 4. The second kappa shape index (κ2) is 17.2. The summed E-state index contributed by atoms with van der Waals surface area (Å²) in [5.74, 6) is -0.602. The molecule has 2 aromatic carbocycles. The molecule has 0 radical (unpaired) electrons. The average Bonchev–Trinajstić information content (AvgIpc) is 3.57. The summed E-state index contributed by atoms with van der Waals surface area (Å²) >= 11 is 0. The first-order chi connectivity index (χ1) is 23.7. The van der Waals surface area contributed by atoms with Crippen molar-refractivity contribution >= 4 is 35.4 Å². The van der Waals surface area contributed by atoms with Crippen LogP contribution >= 0.6 is 0 Å². The lowest BCUT2D eigenvalue weighted by Crippen LogP contribution is -2.55. The fourth-order valence-electron chi connectivity index (χ4n) is 7.26. The second-order valence-corrected chi connectivity index (χ2v) is 13.5. The molecule has 1 saturated heterocycles. The Balaban J connectivity index is 1.19. The molecule has 2 heterocycles. The molecule has 3 amide bonds. The molecular formula is C38H49N7O4. The van der Waals surface area contributed by atoms with Crippen LogP contribution in [0.2, 0.25) is 0 Å². The first-order valence-corrected chi connectivity index (χ1v) is 17.7. The number of hydrazone groups is 1. The Morgan fingerprint density at radius 3 is 2.35 bits per heavy atom. The highest BCUT2D eigenvalue weighted by molar-refractivity contribution is 5.97. The number of amides is 3. The van der Waals surface area contributed by atoms with Gasteiger partial charge < -0.3 is 15.5 Å². The summed E-state index contributed by atoms with van der Waals surface area (Å²) in [6, 6.07) is 16.2. The number of hydrogen-bond donors (Lipinski definition) is 2. The molecule has 1 saturated carbocycles. The van der Waals surface area contributed by atoms with E-state index in [0.29, 0.717) is 56.8 Å². The molecular weight excluding hydrogens is 618 g/mol. The molecule has 49 heavy (non-hydrogen) atoms. The van der Waals surface area contributed by atoms with Gasteiger partial charge in [-0.25, -0.2) is 0 Å². The number of hydrogen-bond acceptors (Lipinski definition) is 8. The number of ketones is 1. The minimum Gasteiger partial charge on any atom is -0.344 e. The number of nitrogens with one attached hydrogen (secondary N) is 2. The minimum absolute atomic E-state index is 0.0525. The van der Waals surface area contributed by atoms with E-state index in [1.165, 1.54) is 0 Å². The summed E-state index contributed by atoms with van der Waals surface area (Å²) in [6.45, 7) is 4.83. The van der Waals surface area contributed by atoms with Crippen LogP contribution in [0.25, 0.3) is 0 Å². The zero-order valence-corrected chi connectivity index (χ0v) is 28.8. The molecule has 11 nitrogen and oxygen atoms in total. The van der Waals surface area contributed by atoms with Gasteiger partial charge in [-0.05, 0) is 48.1 Å². The Hall–Kier alpha value is -4.56. The van der Waals surface area contributed by atoms with E-state index in [1.54, 1.807) is 25.2 Å². The minimum atomic E-state index is -0.710. The molecule has 5 rings (SSSR count). The summed E-state index contributed by atoms with van der Waals surface area (Å²) in [6.07, 6.45) is 8.34. The van der Waals surface area contributed by atoms with Crippen LogP contribution in [0.5, 0.6) is 0 Å². The molecule has 2 unspecified atom stereocenters. The maximum atomic E-state index is 13.7. The lowest BCUT2D eigenvalue weighted by molar-refractivity contribution is -0.138. The van der Waals surface area contributed by atoms with Crippen molar-refractivity contribution in [1.29, 1.82) is 5.26 Å². The largest absolute Gasteiger partial charge is 0.344 e. The van der Waals surface area contributed by atoms with Crippen molar-refractivity contribution < 1.29 is 19.2 Å². The van der Waals surface area contributed by atoms with Gasteiger partial charge in [0.05, 0.1) is 11.6 Å². The van der Waals surface area contributed by atoms with E-state index in [0.717, 1.165) is 43.2 Å². The Kier molecular flexibility index (Phi) is 12.5. The van der Waals surface area contributed by atoms with Crippen LogP contribution in [-0.4, -0.2) is 89.8 Å². The third-order valence-electron chi connectivity index (χ3n) is 10.2. The van der Waals surface area contributed by atoms with Crippen LogP contribution in [0.1, 0.15) is 75.0 Å². The van der Waals surface area contributed by atoms with Crippen molar-refractivity contribution in [1.82, 2.24) is 20.1 Å². The molecule has 2 aliphatic heterocycles. The lowest BCUT2D eigenvalue weighted by Gasteiger charge is -2.36. The van der Waals surface area contributed by atoms with Crippen LogP contribution in [0.4, 0.5) is 5.69 Å². The van der Waals surface area contributed by atoms with Gasteiger partial charge >= 0.3 is 0 Å². The number of carbonyl (C=O) groups is 4. The first kappa shape index (κ1) is 35.7. The predicted octanol–water partition coefficient (Wildman–Crippen LogP) is 4.12. The van der Waals surface area contributed by atoms with Crippen molar-refractivity contribution in [2.24, 2.45) is 16.9 Å². The number of nitriles is 1. The maximum Gasteiger partial charge on any atom is 0.245 e. The number of nitrogens with zero attached hydrogens (tertiary/aromatic N) is 5. The SMILES string of the molecule is CCC(=O)NC(Cc1ccc(NC(=O)[C@@H](CC(=O)C2CC=NN2C)C2CCCCC2)cc1)C(=O)N1CCN(Cc2ccccc2C#N)CC1. The summed E-state index contributed by atoms with van der Waals surface area (Å²) in [5, 5.41) is 21.3. The highest BCUT2D eigenvalue weighted by Crippen LogP contribution is 2.34. The first-order valence-electron chi connectivity index (χ1n) is 17.7. The molecule has 0 aromatic heterocycles. The zero-order valence-electron chi connectivity index (χ0n) is 28.8. The van der Waals surface area contributed by atoms with Crippen LogP contribution < -0.4 is 10.6 Å². The molecule has 11 heteroatoms. The third kappa shape index (κ3) is 9.54. The predicted molar refractivity (Wildman–Crippen MR) is 188 cm³/mol. The molecule has 0 spiro atoms. The normalized spacial score (nSPS) is 19.6. The van der Waals surface area contributed by atoms with E-state index in [2.05, 4.69) is 26.7 Å². The lowest BCUT2D eigenvalue weighted by atomic mass is 9.76. The molecule has 260 valence electrons. The van der Waals surface area contributed by atoms with Gasteiger partial charge in [0.2, 0.25) is 17.7 Å². The van der Waals surface area contributed by atoms with Gasteiger partial charge in [0.25, 0.3) is 0 Å². The quantitative estimate of drug-likeness (QED) is 0.328. The Morgan fingerprint density at radius 1 is 0.980 bits per heavy atom. The fourth-order valence-corrected chi connectivity index (χ4v) is 7.26. The molecule has 3 aliphatic rings. The molecule has 2 aromatic rings. The van der Waals surface area contributed by atoms with E-state index in [9.17, 15) is 24.4 Å². The molecule has 0 bridgehead atoms. The topological polar surface area (TPSA) is 138 Å². The highest BCUT2D eigenvalue weighted by Gasteiger charge is 2.35. The van der Waals surface area contributed by atoms with E-state index in [-0.39, 0.29) is 48.3 Å². The number of benzene rings is 2. The fraction of sp³-hybridized carbons (Fsp3) is 0.526. The van der Waals surface area contributed by atoms with E-state index < -0.39 is 12.0 Å². The van der Waals surface area contributed by atoms with Gasteiger partial charge in [0.1, 0.15) is 12.1 Å². The van der Waals surface area contributed by atoms with Gasteiger partial charge in [-0.15, -0.1) is 0 Å². The smallest absolute Gasteiger partial charge is 0.245 e. The third-order valence-corrected chi connectivity index (χ3v) is 10.2. The van der Waals surface area contributed by atoms with Crippen molar-refractivity contribution in [2.45, 2.75) is 83.3 Å². The van der Waals surface area contributed by atoms with Crippen molar-refractivity contribution in [3.8, 4) is 6.07 Å². The van der Waals surface area contributed by atoms with Crippen LogP contribution in [0.15, 0.2) is 53.6 Å². The van der Waals surface area contributed by atoms with Crippen LogP contribution in [0.3, 0.4) is 0 Å². The Bertz CT molecular complexity index is 1540. The molecule has 2 fully saturated rings. The number of likely N-dealkylation sites (N-methyl/N-ethyl adjacent to an activating group) is 1. The Labute approximate surface area is 289 Å². The van der Waals surface area contributed by atoms with Gasteiger partial charge in [-0.1, -0.05) is 56.5 Å². The van der Waals surface area contributed by atoms with Crippen LogP contribution in [0, 0.1) is 23.2 Å². The zero-order chi connectivity index (χ0) is 34.8. The van der Waals surface area contributed by atoms with E-state index in [4.69, 9.17) is 0 Å². The van der Waals surface area contributed by atoms with Gasteiger partial charge in [0, 0.05) is 83.3 Å². The molecule has 2 N–H and O–H groups in total. The van der Waals surface area contributed by atoms with E-state index in [1.807, 2.05) is 53.4 Å². The molecule has 3 atom stereocenters. The average molecular weight is 668 g/mol. The van der Waals surface area contributed by atoms with Gasteiger partial charge in [-0.3, -0.25) is 29.1 Å². The summed E-state index contributed by atoms with van der Waals surface area (Å²) in [7, 11) is 1.80. The summed E-state index contributed by atoms with van der Waals surface area (Å²) in [4.78, 5) is 57.1. The number of piperazine rings is 1. The monoisotopic (exact) mass is 667 g/mol. The Morgan fingerprint density at radius 2 is 1.69 bits per heavy atom. The summed E-state index contributed by atoms with van der Waals surface area (Å²) in [5.41, 5.74) is 3.14. The van der Waals surface area contributed by atoms with Crippen LogP contribution in [-0.2, 0) is 32.1 Å². The standard InChI is InChI=1S/C38H49N7O4/c1-3-36(47)42-33(38(49)45-21-19-44(20-22-45)26-30-12-8-7-11-29(30)25-39)23-27-13-15-31(16-14-27)41-37(48)32(28-9-5-4-6-10-28)24-35(46)34-17-18-40-43(34)2/h7-8,11-16,18,28,32-34H,3-6,9-10,17,19-24,26H2,1-2H3,(H,41,48)(H,42,47)/t32-,33?,34?/m0/s1. The maximum absolute atomic E-state index is 13.7. The number of anilines is 1.